The van der Waals surface area contributed by atoms with E-state index in [-0.39, 0.29) is 35.5 Å². The van der Waals surface area contributed by atoms with E-state index in [2.05, 4.69) is 5.32 Å². The van der Waals surface area contributed by atoms with Gasteiger partial charge in [-0.05, 0) is 25.0 Å². The van der Waals surface area contributed by atoms with Crippen molar-refractivity contribution in [3.05, 3.63) is 35.6 Å². The highest BCUT2D eigenvalue weighted by Gasteiger charge is 2.29. The topological polar surface area (TPSA) is 92.5 Å². The number of hydrogen-bond donors (Lipinski definition) is 2. The molecule has 7 heteroatoms. The minimum absolute atomic E-state index is 0.0481. The molecule has 0 aromatic heterocycles. The summed E-state index contributed by atoms with van der Waals surface area (Å²) < 4.78 is 13.3. The van der Waals surface area contributed by atoms with Gasteiger partial charge in [-0.15, -0.1) is 0 Å². The monoisotopic (exact) mass is 363 g/mol. The summed E-state index contributed by atoms with van der Waals surface area (Å²) >= 11 is 0. The molecule has 0 aliphatic carbocycles. The Morgan fingerprint density at radius 3 is 2.85 bits per heavy atom. The van der Waals surface area contributed by atoms with Gasteiger partial charge in [0.2, 0.25) is 11.8 Å². The van der Waals surface area contributed by atoms with Gasteiger partial charge in [0.05, 0.1) is 5.92 Å². The Morgan fingerprint density at radius 1 is 1.38 bits per heavy atom. The molecule has 26 heavy (non-hydrogen) atoms. The minimum atomic E-state index is -0.546. The van der Waals surface area contributed by atoms with E-state index in [0.717, 1.165) is 12.8 Å². The van der Waals surface area contributed by atoms with Crippen LogP contribution in [0.2, 0.25) is 0 Å². The Morgan fingerprint density at radius 2 is 2.15 bits per heavy atom. The third kappa shape index (κ3) is 5.36. The second-order valence-corrected chi connectivity index (χ2v) is 6.74. The van der Waals surface area contributed by atoms with Crippen LogP contribution in [0, 0.1) is 17.7 Å². The highest BCUT2D eigenvalue weighted by molar-refractivity contribution is 5.99. The first-order chi connectivity index (χ1) is 12.4. The van der Waals surface area contributed by atoms with Gasteiger partial charge in [-0.2, -0.15) is 0 Å². The van der Waals surface area contributed by atoms with Gasteiger partial charge in [0, 0.05) is 44.1 Å². The number of benzene rings is 1. The van der Waals surface area contributed by atoms with Crippen LogP contribution >= 0.6 is 0 Å². The number of nitrogens with zero attached hydrogens (tertiary/aromatic N) is 1. The number of piperidine rings is 1. The van der Waals surface area contributed by atoms with E-state index in [1.54, 1.807) is 17.9 Å². The number of hydrogen-bond acceptors (Lipinski definition) is 4. The lowest BCUT2D eigenvalue weighted by atomic mass is 9.93. The predicted molar refractivity (Wildman–Crippen MR) is 95.9 cm³/mol. The van der Waals surface area contributed by atoms with Crippen LogP contribution in [0.3, 0.4) is 0 Å². The molecule has 0 radical (unpaired) electrons. The molecule has 1 aromatic rings. The summed E-state index contributed by atoms with van der Waals surface area (Å²) in [6.45, 7) is 3.40. The van der Waals surface area contributed by atoms with Gasteiger partial charge >= 0.3 is 0 Å². The molecule has 0 saturated carbocycles. The predicted octanol–water partition coefficient (Wildman–Crippen LogP) is 1.35. The molecule has 6 nitrogen and oxygen atoms in total. The minimum Gasteiger partial charge on any atom is -0.355 e. The average molecular weight is 363 g/mol. The molecule has 1 aromatic carbocycles. The molecule has 3 N–H and O–H groups in total. The average Bonchev–Trinajstić information content (AvgIpc) is 2.65. The normalized spacial score (nSPS) is 18.3. The molecular formula is C19H26FN3O3. The number of carbonyl (C=O) groups excluding carboxylic acids is 3. The maximum absolute atomic E-state index is 13.3. The fourth-order valence-corrected chi connectivity index (χ4v) is 3.17. The van der Waals surface area contributed by atoms with Crippen LogP contribution in [-0.4, -0.2) is 48.7 Å². The zero-order valence-corrected chi connectivity index (χ0v) is 15.0. The summed E-state index contributed by atoms with van der Waals surface area (Å²) in [5, 5.41) is 2.76. The van der Waals surface area contributed by atoms with Crippen molar-refractivity contribution in [3.8, 4) is 0 Å². The number of rotatable bonds is 7. The van der Waals surface area contributed by atoms with Gasteiger partial charge in [0.15, 0.2) is 5.78 Å². The summed E-state index contributed by atoms with van der Waals surface area (Å²) in [6.07, 6.45) is 1.53. The van der Waals surface area contributed by atoms with Crippen LogP contribution in [0.25, 0.3) is 0 Å². The molecule has 2 amide bonds. The fourth-order valence-electron chi connectivity index (χ4n) is 3.17. The Hall–Kier alpha value is -2.28. The lowest BCUT2D eigenvalue weighted by Gasteiger charge is -2.32. The first kappa shape index (κ1) is 20.0. The van der Waals surface area contributed by atoms with E-state index in [1.807, 2.05) is 0 Å². The SMILES string of the molecule is CC(CC(=O)N1CCCC(C(=O)NCCN)C1)C(=O)c1cccc(F)c1. The molecule has 2 atom stereocenters. The van der Waals surface area contributed by atoms with Crippen molar-refractivity contribution in [3.63, 3.8) is 0 Å². The Labute approximate surface area is 152 Å². The van der Waals surface area contributed by atoms with Gasteiger partial charge in [0.25, 0.3) is 0 Å². The summed E-state index contributed by atoms with van der Waals surface area (Å²) in [7, 11) is 0. The van der Waals surface area contributed by atoms with Gasteiger partial charge < -0.3 is 16.0 Å². The molecule has 1 aliphatic rings. The molecule has 142 valence electrons. The van der Waals surface area contributed by atoms with Crippen LogP contribution in [0.5, 0.6) is 0 Å². The van der Waals surface area contributed by atoms with Crippen LogP contribution < -0.4 is 11.1 Å². The lowest BCUT2D eigenvalue weighted by Crippen LogP contribution is -2.46. The number of ketones is 1. The van der Waals surface area contributed by atoms with Gasteiger partial charge in [-0.25, -0.2) is 4.39 Å². The quantitative estimate of drug-likeness (QED) is 0.715. The number of Topliss-reactive ketones (excluding diaryl/α,β-unsaturated/α-hetero) is 1. The van der Waals surface area contributed by atoms with Crippen molar-refractivity contribution in [1.82, 2.24) is 10.2 Å². The van der Waals surface area contributed by atoms with E-state index in [0.29, 0.717) is 26.2 Å². The molecule has 2 rings (SSSR count). The Kier molecular flexibility index (Phi) is 7.26. The third-order valence-electron chi connectivity index (χ3n) is 4.63. The van der Waals surface area contributed by atoms with E-state index < -0.39 is 11.7 Å². The van der Waals surface area contributed by atoms with E-state index >= 15 is 0 Å². The number of halogens is 1. The molecule has 2 unspecified atom stereocenters. The van der Waals surface area contributed by atoms with Crippen molar-refractivity contribution < 1.29 is 18.8 Å². The van der Waals surface area contributed by atoms with Crippen LogP contribution in [0.15, 0.2) is 24.3 Å². The highest BCUT2D eigenvalue weighted by atomic mass is 19.1. The van der Waals surface area contributed by atoms with Crippen molar-refractivity contribution in [2.45, 2.75) is 26.2 Å². The van der Waals surface area contributed by atoms with Crippen molar-refractivity contribution in [1.29, 1.82) is 0 Å². The standard InChI is InChI=1S/C19H26FN3O3/c1-13(18(25)14-4-2-6-16(20)11-14)10-17(24)23-9-3-5-15(12-23)19(26)22-8-7-21/h2,4,6,11,13,15H,3,5,7-10,12,21H2,1H3,(H,22,26). The molecule has 0 bridgehead atoms. The Bertz CT molecular complexity index is 665. The van der Waals surface area contributed by atoms with Gasteiger partial charge in [-0.1, -0.05) is 19.1 Å². The molecule has 1 heterocycles. The maximum atomic E-state index is 13.3. The first-order valence-corrected chi connectivity index (χ1v) is 8.97. The lowest BCUT2D eigenvalue weighted by molar-refractivity contribution is -0.136. The summed E-state index contributed by atoms with van der Waals surface area (Å²) in [6, 6.07) is 5.48. The summed E-state index contributed by atoms with van der Waals surface area (Å²) in [5.41, 5.74) is 5.65. The molecule has 1 fully saturated rings. The number of carbonyl (C=O) groups is 3. The number of nitrogens with one attached hydrogen (secondary N) is 1. The summed E-state index contributed by atoms with van der Waals surface area (Å²) in [4.78, 5) is 38.7. The molecule has 0 spiro atoms. The van der Waals surface area contributed by atoms with Crippen LogP contribution in [-0.2, 0) is 9.59 Å². The van der Waals surface area contributed by atoms with Crippen molar-refractivity contribution >= 4 is 17.6 Å². The second-order valence-electron chi connectivity index (χ2n) is 6.74. The van der Waals surface area contributed by atoms with Crippen molar-refractivity contribution in [2.24, 2.45) is 17.6 Å². The number of amides is 2. The van der Waals surface area contributed by atoms with Gasteiger partial charge in [-0.3, -0.25) is 14.4 Å². The van der Waals surface area contributed by atoms with Crippen molar-refractivity contribution in [2.75, 3.05) is 26.2 Å². The van der Waals surface area contributed by atoms with Crippen LogP contribution in [0.1, 0.15) is 36.5 Å². The van der Waals surface area contributed by atoms with Crippen LogP contribution in [0.4, 0.5) is 4.39 Å². The zero-order chi connectivity index (χ0) is 19.1. The molecule has 1 saturated heterocycles. The highest BCUT2D eigenvalue weighted by Crippen LogP contribution is 2.20. The number of nitrogens with two attached hydrogens (primary N) is 1. The first-order valence-electron chi connectivity index (χ1n) is 8.97. The largest absolute Gasteiger partial charge is 0.355 e. The second kappa shape index (κ2) is 9.43. The zero-order valence-electron chi connectivity index (χ0n) is 15.0. The smallest absolute Gasteiger partial charge is 0.224 e. The maximum Gasteiger partial charge on any atom is 0.224 e. The third-order valence-corrected chi connectivity index (χ3v) is 4.63. The van der Waals surface area contributed by atoms with E-state index in [1.165, 1.54) is 18.2 Å². The van der Waals surface area contributed by atoms with Gasteiger partial charge in [0.1, 0.15) is 5.82 Å². The fraction of sp³-hybridized carbons (Fsp3) is 0.526. The summed E-state index contributed by atoms with van der Waals surface area (Å²) in [5.74, 6) is -1.76. The molecule has 1 aliphatic heterocycles. The van der Waals surface area contributed by atoms with E-state index in [9.17, 15) is 18.8 Å². The Balaban J connectivity index is 1.91. The van der Waals surface area contributed by atoms with E-state index in [4.69, 9.17) is 5.73 Å². The number of likely N-dealkylation sites (tertiary alicyclic amines) is 1. The molecular weight excluding hydrogens is 337 g/mol.